The first-order chi connectivity index (χ1) is 9.35. The molecule has 1 heterocycles. The number of hydrogen-bond donors (Lipinski definition) is 2. The monoisotopic (exact) mass is 279 g/mol. The number of nitrogens with one attached hydrogen (secondary N) is 2. The van der Waals surface area contributed by atoms with Crippen molar-refractivity contribution in [1.29, 1.82) is 0 Å². The number of aromatic nitrogens is 2. The SMILES string of the molecule is CCNc1nc(C)c([N+](=O)[O-])c(NC(C)(C)C2CC2)n1. The van der Waals surface area contributed by atoms with E-state index >= 15 is 0 Å². The molecule has 1 saturated carbocycles. The number of rotatable bonds is 6. The average Bonchev–Trinajstić information content (AvgIpc) is 3.10. The summed E-state index contributed by atoms with van der Waals surface area (Å²) in [7, 11) is 0. The molecule has 1 aliphatic rings. The molecule has 0 saturated heterocycles. The van der Waals surface area contributed by atoms with Crippen molar-refractivity contribution in [2.45, 2.75) is 46.1 Å². The van der Waals surface area contributed by atoms with E-state index < -0.39 is 4.92 Å². The van der Waals surface area contributed by atoms with Crippen LogP contribution in [-0.4, -0.2) is 27.0 Å². The number of anilines is 2. The molecular weight excluding hydrogens is 258 g/mol. The van der Waals surface area contributed by atoms with E-state index in [1.807, 2.05) is 6.92 Å². The molecule has 0 spiro atoms. The van der Waals surface area contributed by atoms with Gasteiger partial charge in [-0.15, -0.1) is 0 Å². The Hall–Kier alpha value is -1.92. The predicted octanol–water partition coefficient (Wildman–Crippen LogP) is 2.73. The molecule has 1 fully saturated rings. The molecule has 0 unspecified atom stereocenters. The lowest BCUT2D eigenvalue weighted by atomic mass is 9.99. The summed E-state index contributed by atoms with van der Waals surface area (Å²) in [5.74, 6) is 1.26. The largest absolute Gasteiger partial charge is 0.359 e. The highest BCUT2D eigenvalue weighted by Gasteiger charge is 2.39. The van der Waals surface area contributed by atoms with Crippen LogP contribution in [0.25, 0.3) is 0 Å². The number of hydrogen-bond acceptors (Lipinski definition) is 6. The van der Waals surface area contributed by atoms with Crippen molar-refractivity contribution in [3.63, 3.8) is 0 Å². The van der Waals surface area contributed by atoms with Crippen molar-refractivity contribution < 1.29 is 4.92 Å². The van der Waals surface area contributed by atoms with E-state index in [0.717, 1.165) is 12.8 Å². The zero-order valence-corrected chi connectivity index (χ0v) is 12.4. The minimum absolute atomic E-state index is 0.0413. The Balaban J connectivity index is 2.39. The average molecular weight is 279 g/mol. The van der Waals surface area contributed by atoms with Crippen LogP contribution in [0.15, 0.2) is 0 Å². The Morgan fingerprint density at radius 1 is 1.40 bits per heavy atom. The molecule has 7 nitrogen and oxygen atoms in total. The van der Waals surface area contributed by atoms with Gasteiger partial charge in [0.25, 0.3) is 0 Å². The van der Waals surface area contributed by atoms with Gasteiger partial charge in [0.2, 0.25) is 11.8 Å². The molecule has 0 bridgehead atoms. The van der Waals surface area contributed by atoms with E-state index in [2.05, 4.69) is 34.4 Å². The summed E-state index contributed by atoms with van der Waals surface area (Å²) in [6, 6.07) is 0. The second kappa shape index (κ2) is 5.22. The van der Waals surface area contributed by atoms with Crippen LogP contribution < -0.4 is 10.6 Å². The first kappa shape index (κ1) is 14.5. The molecule has 2 rings (SSSR count). The van der Waals surface area contributed by atoms with Gasteiger partial charge in [0, 0.05) is 12.1 Å². The third-order valence-corrected chi connectivity index (χ3v) is 3.61. The zero-order valence-electron chi connectivity index (χ0n) is 12.4. The van der Waals surface area contributed by atoms with Crippen LogP contribution >= 0.6 is 0 Å². The molecule has 1 aromatic heterocycles. The lowest BCUT2D eigenvalue weighted by molar-refractivity contribution is -0.385. The van der Waals surface area contributed by atoms with Crippen molar-refractivity contribution >= 4 is 17.5 Å². The van der Waals surface area contributed by atoms with E-state index in [0.29, 0.717) is 29.9 Å². The molecule has 0 atom stereocenters. The smallest absolute Gasteiger partial charge is 0.332 e. The normalized spacial score (nSPS) is 15.0. The Morgan fingerprint density at radius 3 is 2.55 bits per heavy atom. The molecule has 0 aromatic carbocycles. The maximum Gasteiger partial charge on any atom is 0.332 e. The van der Waals surface area contributed by atoms with Crippen molar-refractivity contribution in [3.05, 3.63) is 15.8 Å². The van der Waals surface area contributed by atoms with Gasteiger partial charge in [-0.25, -0.2) is 4.98 Å². The van der Waals surface area contributed by atoms with E-state index in [-0.39, 0.29) is 11.2 Å². The molecule has 20 heavy (non-hydrogen) atoms. The van der Waals surface area contributed by atoms with Gasteiger partial charge in [-0.05, 0) is 46.5 Å². The summed E-state index contributed by atoms with van der Waals surface area (Å²) in [6.45, 7) is 8.34. The molecule has 0 radical (unpaired) electrons. The summed E-state index contributed by atoms with van der Waals surface area (Å²) in [6.07, 6.45) is 2.30. The predicted molar refractivity (Wildman–Crippen MR) is 78.0 cm³/mol. The quantitative estimate of drug-likeness (QED) is 0.614. The van der Waals surface area contributed by atoms with E-state index in [1.54, 1.807) is 6.92 Å². The van der Waals surface area contributed by atoms with Crippen LogP contribution in [0.1, 0.15) is 39.3 Å². The minimum atomic E-state index is -0.420. The van der Waals surface area contributed by atoms with Crippen LogP contribution in [0.3, 0.4) is 0 Å². The van der Waals surface area contributed by atoms with Crippen molar-refractivity contribution in [2.24, 2.45) is 5.92 Å². The number of nitrogens with zero attached hydrogens (tertiary/aromatic N) is 3. The van der Waals surface area contributed by atoms with E-state index in [1.165, 1.54) is 0 Å². The Labute approximate surface area is 118 Å². The topological polar surface area (TPSA) is 93.0 Å². The van der Waals surface area contributed by atoms with Gasteiger partial charge >= 0.3 is 5.69 Å². The molecule has 0 aliphatic heterocycles. The molecule has 0 amide bonds. The Morgan fingerprint density at radius 2 is 2.05 bits per heavy atom. The molecule has 1 aromatic rings. The molecular formula is C13H21N5O2. The van der Waals surface area contributed by atoms with E-state index in [9.17, 15) is 10.1 Å². The maximum atomic E-state index is 11.2. The lowest BCUT2D eigenvalue weighted by Gasteiger charge is -2.26. The maximum absolute atomic E-state index is 11.2. The summed E-state index contributed by atoms with van der Waals surface area (Å²) in [5.41, 5.74) is 0.130. The van der Waals surface area contributed by atoms with Crippen LogP contribution in [0.2, 0.25) is 0 Å². The van der Waals surface area contributed by atoms with Gasteiger partial charge in [0.05, 0.1) is 4.92 Å². The fraction of sp³-hybridized carbons (Fsp3) is 0.692. The van der Waals surface area contributed by atoms with Gasteiger partial charge in [-0.2, -0.15) is 4.98 Å². The molecule has 7 heteroatoms. The van der Waals surface area contributed by atoms with Crippen molar-refractivity contribution in [1.82, 2.24) is 9.97 Å². The van der Waals surface area contributed by atoms with Gasteiger partial charge in [-0.3, -0.25) is 10.1 Å². The highest BCUT2D eigenvalue weighted by Crippen LogP contribution is 2.42. The second-order valence-electron chi connectivity index (χ2n) is 5.74. The summed E-state index contributed by atoms with van der Waals surface area (Å²) in [5, 5.41) is 17.5. The second-order valence-corrected chi connectivity index (χ2v) is 5.74. The molecule has 2 N–H and O–H groups in total. The lowest BCUT2D eigenvalue weighted by Crippen LogP contribution is -2.34. The van der Waals surface area contributed by atoms with Gasteiger partial charge in [-0.1, -0.05) is 0 Å². The van der Waals surface area contributed by atoms with Crippen molar-refractivity contribution in [2.75, 3.05) is 17.2 Å². The summed E-state index contributed by atoms with van der Waals surface area (Å²) in [4.78, 5) is 19.2. The van der Waals surface area contributed by atoms with Crippen LogP contribution in [0.4, 0.5) is 17.5 Å². The number of aryl methyl sites for hydroxylation is 1. The van der Waals surface area contributed by atoms with E-state index in [4.69, 9.17) is 0 Å². The van der Waals surface area contributed by atoms with Gasteiger partial charge < -0.3 is 10.6 Å². The summed E-state index contributed by atoms with van der Waals surface area (Å²) < 4.78 is 0. The Bertz CT molecular complexity index is 526. The highest BCUT2D eigenvalue weighted by atomic mass is 16.6. The van der Waals surface area contributed by atoms with Gasteiger partial charge in [0.1, 0.15) is 5.69 Å². The first-order valence-electron chi connectivity index (χ1n) is 6.90. The highest BCUT2D eigenvalue weighted by molar-refractivity contribution is 5.62. The van der Waals surface area contributed by atoms with Crippen LogP contribution in [-0.2, 0) is 0 Å². The fourth-order valence-electron chi connectivity index (χ4n) is 2.32. The number of nitro groups is 1. The third kappa shape index (κ3) is 2.97. The Kier molecular flexibility index (Phi) is 3.78. The minimum Gasteiger partial charge on any atom is -0.359 e. The molecule has 1 aliphatic carbocycles. The van der Waals surface area contributed by atoms with Crippen molar-refractivity contribution in [3.8, 4) is 0 Å². The first-order valence-corrected chi connectivity index (χ1v) is 6.90. The zero-order chi connectivity index (χ0) is 14.9. The fourth-order valence-corrected chi connectivity index (χ4v) is 2.32. The third-order valence-electron chi connectivity index (χ3n) is 3.61. The summed E-state index contributed by atoms with van der Waals surface area (Å²) >= 11 is 0. The van der Waals surface area contributed by atoms with Gasteiger partial charge in [0.15, 0.2) is 0 Å². The standard InChI is InChI=1S/C13H21N5O2/c1-5-14-12-15-8(2)10(18(19)20)11(16-12)17-13(3,4)9-6-7-9/h9H,5-7H2,1-4H3,(H2,14,15,16,17). The van der Waals surface area contributed by atoms with Crippen LogP contribution in [0, 0.1) is 23.0 Å². The van der Waals surface area contributed by atoms with Crippen LogP contribution in [0.5, 0.6) is 0 Å². The molecule has 110 valence electrons.